The molecule has 3 heterocycles. The first-order chi connectivity index (χ1) is 21.5. The number of aliphatic hydroxyl groups excluding tert-OH is 1. The molecule has 5 rings (SSSR count). The third-order valence-corrected chi connectivity index (χ3v) is 8.01. The number of aryl methyl sites for hydroxylation is 2. The predicted octanol–water partition coefficient (Wildman–Crippen LogP) is 4.93. The monoisotopic (exact) mass is 640 g/mol. The van der Waals surface area contributed by atoms with Gasteiger partial charge in [0.15, 0.2) is 5.13 Å². The quantitative estimate of drug-likeness (QED) is 0.201. The van der Waals surface area contributed by atoms with Crippen molar-refractivity contribution >= 4 is 51.3 Å². The van der Waals surface area contributed by atoms with Gasteiger partial charge in [-0.1, -0.05) is 23.5 Å². The number of halogens is 3. The van der Waals surface area contributed by atoms with E-state index in [1.54, 1.807) is 26.0 Å². The van der Waals surface area contributed by atoms with Gasteiger partial charge in [-0.25, -0.2) is 15.0 Å². The number of piperazine rings is 1. The van der Waals surface area contributed by atoms with Crippen LogP contribution in [0.15, 0.2) is 54.7 Å². The van der Waals surface area contributed by atoms with E-state index in [2.05, 4.69) is 40.7 Å². The zero-order valence-corrected chi connectivity index (χ0v) is 25.3. The van der Waals surface area contributed by atoms with E-state index in [-0.39, 0.29) is 12.2 Å². The summed E-state index contributed by atoms with van der Waals surface area (Å²) >= 11 is 1.13. The number of nitrogens with zero attached hydrogens (tertiary/aromatic N) is 5. The van der Waals surface area contributed by atoms with E-state index in [0.29, 0.717) is 45.1 Å². The van der Waals surface area contributed by atoms with E-state index in [9.17, 15) is 27.9 Å². The number of amides is 2. The van der Waals surface area contributed by atoms with Crippen molar-refractivity contribution in [3.8, 4) is 0 Å². The Balaban J connectivity index is 1.23. The van der Waals surface area contributed by atoms with Crippen LogP contribution in [0.4, 0.5) is 41.3 Å². The molecule has 4 aromatic rings. The number of alkyl halides is 3. The molecule has 2 aromatic heterocycles. The second-order valence-corrected chi connectivity index (χ2v) is 11.4. The molecule has 1 fully saturated rings. The van der Waals surface area contributed by atoms with Gasteiger partial charge in [-0.15, -0.1) is 0 Å². The largest absolute Gasteiger partial charge is 0.416 e. The van der Waals surface area contributed by atoms with Gasteiger partial charge in [0.25, 0.3) is 11.8 Å². The SMILES string of the molecule is Cc1nc(Nc2ncc(C(=O)Nc3cc(NC(=O)c4cccc(C(F)(F)F)c4)ccc3C)s2)cc(N2CCN(CCO)CC2)n1. The van der Waals surface area contributed by atoms with Crippen LogP contribution < -0.4 is 20.9 Å². The molecule has 0 bridgehead atoms. The average molecular weight is 641 g/mol. The highest BCUT2D eigenvalue weighted by Crippen LogP contribution is 2.30. The van der Waals surface area contributed by atoms with Crippen LogP contribution in [0.2, 0.25) is 0 Å². The van der Waals surface area contributed by atoms with Gasteiger partial charge in [0, 0.05) is 55.7 Å². The summed E-state index contributed by atoms with van der Waals surface area (Å²) in [4.78, 5) is 43.8. The molecular weight excluding hydrogens is 609 g/mol. The second-order valence-electron chi connectivity index (χ2n) is 10.4. The van der Waals surface area contributed by atoms with Gasteiger partial charge in [-0.05, 0) is 49.7 Å². The van der Waals surface area contributed by atoms with Crippen molar-refractivity contribution < 1.29 is 27.9 Å². The molecule has 0 spiro atoms. The van der Waals surface area contributed by atoms with Crippen LogP contribution in [0.25, 0.3) is 0 Å². The maximum absolute atomic E-state index is 13.1. The summed E-state index contributed by atoms with van der Waals surface area (Å²) in [6.45, 7) is 7.54. The van der Waals surface area contributed by atoms with E-state index < -0.39 is 23.6 Å². The number of thiazole rings is 1. The van der Waals surface area contributed by atoms with Gasteiger partial charge >= 0.3 is 6.18 Å². The van der Waals surface area contributed by atoms with Crippen LogP contribution in [0, 0.1) is 13.8 Å². The lowest BCUT2D eigenvalue weighted by atomic mass is 10.1. The number of aromatic nitrogens is 3. The molecular formula is C30H31F3N8O3S. The van der Waals surface area contributed by atoms with Gasteiger partial charge in [-0.3, -0.25) is 14.5 Å². The Hall–Kier alpha value is -4.60. The molecule has 0 radical (unpaired) electrons. The maximum Gasteiger partial charge on any atom is 0.416 e. The first kappa shape index (κ1) is 31.8. The highest BCUT2D eigenvalue weighted by atomic mass is 32.1. The normalized spacial score (nSPS) is 13.9. The zero-order chi connectivity index (χ0) is 32.1. The van der Waals surface area contributed by atoms with Crippen molar-refractivity contribution in [2.45, 2.75) is 20.0 Å². The fourth-order valence-electron chi connectivity index (χ4n) is 4.72. The molecule has 2 aromatic carbocycles. The third-order valence-electron chi connectivity index (χ3n) is 7.10. The lowest BCUT2D eigenvalue weighted by molar-refractivity contribution is -0.137. The molecule has 0 saturated carbocycles. The Bertz CT molecular complexity index is 1690. The Morgan fingerprint density at radius 3 is 2.49 bits per heavy atom. The summed E-state index contributed by atoms with van der Waals surface area (Å²) < 4.78 is 39.2. The zero-order valence-electron chi connectivity index (χ0n) is 24.5. The molecule has 1 aliphatic rings. The smallest absolute Gasteiger partial charge is 0.395 e. The number of carbonyl (C=O) groups excluding carboxylic acids is 2. The highest BCUT2D eigenvalue weighted by Gasteiger charge is 2.31. The lowest BCUT2D eigenvalue weighted by Crippen LogP contribution is -2.47. The Morgan fingerprint density at radius 1 is 0.978 bits per heavy atom. The Kier molecular flexibility index (Phi) is 9.60. The van der Waals surface area contributed by atoms with E-state index in [1.165, 1.54) is 24.4 Å². The minimum atomic E-state index is -4.57. The molecule has 0 aliphatic carbocycles. The molecule has 0 unspecified atom stereocenters. The topological polar surface area (TPSA) is 136 Å². The number of hydrogen-bond donors (Lipinski definition) is 4. The highest BCUT2D eigenvalue weighted by molar-refractivity contribution is 7.17. The van der Waals surface area contributed by atoms with Gasteiger partial charge in [0.1, 0.15) is 22.3 Å². The molecule has 4 N–H and O–H groups in total. The number of anilines is 5. The number of nitrogens with one attached hydrogen (secondary N) is 3. The van der Waals surface area contributed by atoms with E-state index in [4.69, 9.17) is 0 Å². The summed E-state index contributed by atoms with van der Waals surface area (Å²) in [7, 11) is 0. The molecule has 11 nitrogen and oxygen atoms in total. The fourth-order valence-corrected chi connectivity index (χ4v) is 5.44. The van der Waals surface area contributed by atoms with Crippen LogP contribution in [0.3, 0.4) is 0 Å². The molecule has 15 heteroatoms. The number of hydrogen-bond acceptors (Lipinski definition) is 10. The summed E-state index contributed by atoms with van der Waals surface area (Å²) in [6.07, 6.45) is -3.13. The van der Waals surface area contributed by atoms with Gasteiger partial charge in [0.05, 0.1) is 18.4 Å². The molecule has 1 aliphatic heterocycles. The van der Waals surface area contributed by atoms with Gasteiger partial charge in [0.2, 0.25) is 0 Å². The molecule has 1 saturated heterocycles. The summed E-state index contributed by atoms with van der Waals surface area (Å²) in [5, 5.41) is 18.2. The molecule has 0 atom stereocenters. The van der Waals surface area contributed by atoms with Gasteiger partial charge in [-0.2, -0.15) is 13.2 Å². The summed E-state index contributed by atoms with van der Waals surface area (Å²) in [5.74, 6) is 0.755. The Labute approximate surface area is 261 Å². The number of rotatable bonds is 9. The van der Waals surface area contributed by atoms with Crippen LogP contribution in [0.5, 0.6) is 0 Å². The Morgan fingerprint density at radius 2 is 1.76 bits per heavy atom. The fraction of sp³-hybridized carbons (Fsp3) is 0.300. The van der Waals surface area contributed by atoms with Crippen molar-refractivity contribution in [1.82, 2.24) is 19.9 Å². The third kappa shape index (κ3) is 8.12. The van der Waals surface area contributed by atoms with E-state index in [0.717, 1.165) is 55.5 Å². The summed E-state index contributed by atoms with van der Waals surface area (Å²) in [5.41, 5.74) is 0.362. The van der Waals surface area contributed by atoms with E-state index >= 15 is 0 Å². The van der Waals surface area contributed by atoms with Crippen LogP contribution in [0.1, 0.15) is 37.0 Å². The second kappa shape index (κ2) is 13.6. The molecule has 236 valence electrons. The first-order valence-corrected chi connectivity index (χ1v) is 14.9. The number of aliphatic hydroxyl groups is 1. The van der Waals surface area contributed by atoms with Crippen LogP contribution >= 0.6 is 11.3 Å². The van der Waals surface area contributed by atoms with Crippen molar-refractivity contribution in [1.29, 1.82) is 0 Å². The standard InChI is InChI=1S/C30H31F3N8O3S/c1-18-6-7-22(37-27(43)20-4-3-5-21(14-20)30(31,32)33)15-23(18)38-28(44)24-17-34-29(45-24)39-25-16-26(36-19(2)35-25)41-10-8-40(9-11-41)12-13-42/h3-7,14-17,42H,8-13H2,1-2H3,(H,37,43)(H,38,44)(H,34,35,36,39). The first-order valence-electron chi connectivity index (χ1n) is 14.1. The average Bonchev–Trinajstić information content (AvgIpc) is 3.47. The lowest BCUT2D eigenvalue weighted by Gasteiger charge is -2.35. The number of β-amino-alcohol motifs (C(OH)–C–C–N with tert-alkyl or cyclic N) is 1. The van der Waals surface area contributed by atoms with E-state index in [1.807, 2.05) is 6.07 Å². The summed E-state index contributed by atoms with van der Waals surface area (Å²) in [6, 6.07) is 10.8. The van der Waals surface area contributed by atoms with Crippen molar-refractivity contribution in [2.24, 2.45) is 0 Å². The van der Waals surface area contributed by atoms with Crippen molar-refractivity contribution in [2.75, 3.05) is 60.2 Å². The number of carbonyl (C=O) groups is 2. The van der Waals surface area contributed by atoms with Crippen LogP contribution in [-0.2, 0) is 6.18 Å². The molecule has 2 amide bonds. The van der Waals surface area contributed by atoms with Gasteiger partial charge < -0.3 is 26.0 Å². The minimum Gasteiger partial charge on any atom is -0.395 e. The minimum absolute atomic E-state index is 0.130. The predicted molar refractivity (Wildman–Crippen MR) is 166 cm³/mol. The number of benzene rings is 2. The molecule has 45 heavy (non-hydrogen) atoms. The van der Waals surface area contributed by atoms with Crippen molar-refractivity contribution in [3.63, 3.8) is 0 Å². The maximum atomic E-state index is 13.1. The van der Waals surface area contributed by atoms with Crippen LogP contribution in [-0.4, -0.2) is 76.1 Å². The van der Waals surface area contributed by atoms with Crippen molar-refractivity contribution in [3.05, 3.63) is 82.1 Å².